The average molecular weight is 509 g/mol. The van der Waals surface area contributed by atoms with E-state index in [-0.39, 0.29) is 23.3 Å². The van der Waals surface area contributed by atoms with Crippen LogP contribution in [0.5, 0.6) is 11.5 Å². The number of alkyl halides is 2. The first-order valence-electron chi connectivity index (χ1n) is 11.5. The summed E-state index contributed by atoms with van der Waals surface area (Å²) in [6, 6.07) is 2.40. The molecule has 1 fully saturated rings. The quantitative estimate of drug-likeness (QED) is 0.322. The van der Waals surface area contributed by atoms with Crippen LogP contribution in [0, 0.1) is 5.92 Å². The molecule has 0 saturated carbocycles. The van der Waals surface area contributed by atoms with Crippen molar-refractivity contribution in [1.29, 1.82) is 0 Å². The smallest absolute Gasteiger partial charge is 0.395 e. The van der Waals surface area contributed by atoms with Crippen LogP contribution in [0.1, 0.15) is 33.6 Å². The molecule has 2 aromatic rings. The number of ether oxygens (including phenoxy) is 2. The van der Waals surface area contributed by atoms with Gasteiger partial charge in [0, 0.05) is 25.7 Å². The molecule has 1 saturated heterocycles. The second-order valence-electron chi connectivity index (χ2n) is 7.88. The van der Waals surface area contributed by atoms with Crippen molar-refractivity contribution in [3.8, 4) is 11.5 Å². The zero-order valence-corrected chi connectivity index (χ0v) is 21.0. The maximum atomic E-state index is 13.2. The second-order valence-corrected chi connectivity index (χ2v) is 8.91. The molecule has 11 heteroatoms. The van der Waals surface area contributed by atoms with Gasteiger partial charge in [-0.05, 0) is 50.1 Å². The highest BCUT2D eigenvalue weighted by Crippen LogP contribution is 2.44. The molecule has 2 N–H and O–H groups in total. The van der Waals surface area contributed by atoms with Crippen molar-refractivity contribution in [3.05, 3.63) is 36.1 Å². The Labute approximate surface area is 207 Å². The average Bonchev–Trinajstić information content (AvgIpc) is 3.37. The fourth-order valence-electron chi connectivity index (χ4n) is 4.05. The third kappa shape index (κ3) is 6.34. The lowest BCUT2D eigenvalue weighted by Crippen LogP contribution is -2.47. The van der Waals surface area contributed by atoms with Crippen LogP contribution < -0.4 is 20.1 Å². The number of carbonyl (C=O) groups excluding carboxylic acids is 2. The summed E-state index contributed by atoms with van der Waals surface area (Å²) >= 11 is 1.18. The van der Waals surface area contributed by atoms with Gasteiger partial charge in [-0.15, -0.1) is 8.78 Å². The lowest BCUT2D eigenvalue weighted by molar-refractivity contribution is -0.286. The summed E-state index contributed by atoms with van der Waals surface area (Å²) in [6.45, 7) is 7.30. The normalized spacial score (nSPS) is 20.3. The monoisotopic (exact) mass is 508 g/mol. The molecule has 1 aromatic carbocycles. The van der Waals surface area contributed by atoms with Gasteiger partial charge in [-0.25, -0.2) is 4.98 Å². The van der Waals surface area contributed by atoms with Crippen LogP contribution in [-0.2, 0) is 9.59 Å². The Morgan fingerprint density at radius 1 is 1.31 bits per heavy atom. The van der Waals surface area contributed by atoms with E-state index >= 15 is 0 Å². The van der Waals surface area contributed by atoms with E-state index in [9.17, 15) is 18.4 Å². The number of fused-ring (bicyclic) bond motifs is 2. The molecule has 2 atom stereocenters. The number of aromatic nitrogens is 1. The van der Waals surface area contributed by atoms with Crippen LogP contribution in [0.3, 0.4) is 0 Å². The molecule has 0 spiro atoms. The molecule has 1 amide bonds. The number of thiazole rings is 1. The lowest BCUT2D eigenvalue weighted by atomic mass is 9.89. The van der Waals surface area contributed by atoms with E-state index in [0.717, 1.165) is 31.2 Å². The van der Waals surface area contributed by atoms with Gasteiger partial charge >= 0.3 is 6.29 Å². The fraction of sp³-hybridized carbons (Fsp3) is 0.458. The van der Waals surface area contributed by atoms with Crippen LogP contribution in [-0.4, -0.2) is 54.6 Å². The molecule has 4 rings (SSSR count). The van der Waals surface area contributed by atoms with E-state index in [4.69, 9.17) is 0 Å². The number of rotatable bonds is 7. The van der Waals surface area contributed by atoms with Crippen molar-refractivity contribution in [1.82, 2.24) is 15.2 Å². The molecule has 2 unspecified atom stereocenters. The number of hydrogen-bond acceptors (Lipinski definition) is 8. The molecule has 2 aliphatic rings. The van der Waals surface area contributed by atoms with E-state index in [1.54, 1.807) is 6.08 Å². The van der Waals surface area contributed by atoms with Crippen molar-refractivity contribution in [2.75, 3.05) is 25.5 Å². The first-order valence-corrected chi connectivity index (χ1v) is 12.4. The topological polar surface area (TPSA) is 92.8 Å². The molecule has 0 radical (unpaired) electrons. The van der Waals surface area contributed by atoms with Crippen LogP contribution in [0.4, 0.5) is 13.9 Å². The summed E-state index contributed by atoms with van der Waals surface area (Å²) in [5.74, 6) is -0.155. The molecule has 0 aliphatic carbocycles. The summed E-state index contributed by atoms with van der Waals surface area (Å²) in [5.41, 5.74) is 1.45. The Morgan fingerprint density at radius 2 is 2.03 bits per heavy atom. The van der Waals surface area contributed by atoms with Gasteiger partial charge in [-0.2, -0.15) is 0 Å². The summed E-state index contributed by atoms with van der Waals surface area (Å²) in [4.78, 5) is 30.1. The fourth-order valence-corrected chi connectivity index (χ4v) is 4.93. The third-order valence-electron chi connectivity index (χ3n) is 5.67. The van der Waals surface area contributed by atoms with Crippen LogP contribution in [0.2, 0.25) is 0 Å². The number of anilines is 1. The molecular weight excluding hydrogens is 478 g/mol. The Kier molecular flexibility index (Phi) is 8.79. The number of aldehydes is 1. The Balaban J connectivity index is 0.00000167. The van der Waals surface area contributed by atoms with Gasteiger partial charge < -0.3 is 20.1 Å². The zero-order valence-electron chi connectivity index (χ0n) is 20.1. The number of piperidine rings is 1. The van der Waals surface area contributed by atoms with Gasteiger partial charge in [-0.3, -0.25) is 14.5 Å². The standard InChI is InChI=1S/C22H24F2N4O4S.C2H6/c1-13(28-7-3-5-15(12-28)14(11-25-2)6-4-8-29)20(30)27-21-26-16-9-17-18(10-19(16)33-21)32-22(23,24)31-17;1-2/h4,6,8-11,13,15,25H,3,5,7,12H2,1-2H3,(H,26,27,30);1-2H3/b6-4-,14-11+;. The van der Waals surface area contributed by atoms with Crippen molar-refractivity contribution < 1.29 is 27.8 Å². The maximum absolute atomic E-state index is 13.2. The van der Waals surface area contributed by atoms with E-state index in [2.05, 4.69) is 30.0 Å². The summed E-state index contributed by atoms with van der Waals surface area (Å²) in [5, 5.41) is 6.22. The van der Waals surface area contributed by atoms with Gasteiger partial charge in [0.1, 0.15) is 6.29 Å². The number of nitrogens with zero attached hydrogens (tertiary/aromatic N) is 2. The highest BCUT2D eigenvalue weighted by Gasteiger charge is 2.43. The van der Waals surface area contributed by atoms with Gasteiger partial charge in [0.15, 0.2) is 16.6 Å². The number of amides is 1. The summed E-state index contributed by atoms with van der Waals surface area (Å²) in [6.07, 6.45) is 4.10. The lowest BCUT2D eigenvalue weighted by Gasteiger charge is -2.36. The van der Waals surface area contributed by atoms with Crippen LogP contribution in [0.25, 0.3) is 10.2 Å². The first-order chi connectivity index (χ1) is 16.8. The molecule has 3 heterocycles. The second kappa shape index (κ2) is 11.6. The first kappa shape index (κ1) is 26.6. The summed E-state index contributed by atoms with van der Waals surface area (Å²) in [7, 11) is 1.81. The Hall–Kier alpha value is -3.05. The predicted octanol–water partition coefficient (Wildman–Crippen LogP) is 4.54. The zero-order chi connectivity index (χ0) is 25.6. The number of hydrogen-bond donors (Lipinski definition) is 2. The van der Waals surface area contributed by atoms with E-state index in [1.165, 1.54) is 29.5 Å². The molecule has 2 aliphatic heterocycles. The van der Waals surface area contributed by atoms with E-state index in [1.807, 2.05) is 34.0 Å². The molecule has 190 valence electrons. The Bertz CT molecular complexity index is 1070. The van der Waals surface area contributed by atoms with E-state index in [0.29, 0.717) is 21.9 Å². The maximum Gasteiger partial charge on any atom is 0.586 e. The van der Waals surface area contributed by atoms with Gasteiger partial charge in [0.25, 0.3) is 0 Å². The van der Waals surface area contributed by atoms with E-state index < -0.39 is 12.3 Å². The van der Waals surface area contributed by atoms with Crippen molar-refractivity contribution in [3.63, 3.8) is 0 Å². The van der Waals surface area contributed by atoms with Gasteiger partial charge in [0.2, 0.25) is 5.91 Å². The van der Waals surface area contributed by atoms with Crippen LogP contribution in [0.15, 0.2) is 36.1 Å². The highest BCUT2D eigenvalue weighted by atomic mass is 32.1. The number of carbonyl (C=O) groups is 2. The van der Waals surface area contributed by atoms with Gasteiger partial charge in [-0.1, -0.05) is 31.3 Å². The summed E-state index contributed by atoms with van der Waals surface area (Å²) < 4.78 is 36.0. The highest BCUT2D eigenvalue weighted by molar-refractivity contribution is 7.22. The predicted molar refractivity (Wildman–Crippen MR) is 132 cm³/mol. The van der Waals surface area contributed by atoms with Crippen LogP contribution >= 0.6 is 11.3 Å². The number of likely N-dealkylation sites (tertiary alicyclic amines) is 1. The molecule has 1 aromatic heterocycles. The minimum atomic E-state index is -3.68. The minimum Gasteiger partial charge on any atom is -0.395 e. The van der Waals surface area contributed by atoms with Crippen molar-refractivity contribution in [2.45, 2.75) is 45.9 Å². The van der Waals surface area contributed by atoms with Gasteiger partial charge in [0.05, 0.1) is 16.3 Å². The Morgan fingerprint density at radius 3 is 2.71 bits per heavy atom. The largest absolute Gasteiger partial charge is 0.586 e. The molecular formula is C24H30F2N4O4S. The third-order valence-corrected chi connectivity index (χ3v) is 6.60. The van der Waals surface area contributed by atoms with Crippen molar-refractivity contribution in [2.24, 2.45) is 5.92 Å². The number of benzene rings is 1. The molecule has 0 bridgehead atoms. The minimum absolute atomic E-state index is 0.0594. The van der Waals surface area contributed by atoms with Crippen molar-refractivity contribution >= 4 is 38.9 Å². The number of allylic oxidation sites excluding steroid dienone is 2. The number of halogens is 2. The molecule has 35 heavy (non-hydrogen) atoms. The molecule has 8 nitrogen and oxygen atoms in total. The SMILES string of the molecule is CC.CN/C=C(\C=C/C=O)C1CCCN(C(C)C(=O)Nc2nc3cc4c(cc3s2)OC(F)(F)O4)C1. The number of nitrogens with one attached hydrogen (secondary N) is 2.